The fourth-order valence-electron chi connectivity index (χ4n) is 1.51. The molecule has 0 saturated carbocycles. The average Bonchev–Trinajstić information content (AvgIpc) is 2.15. The lowest BCUT2D eigenvalue weighted by Gasteiger charge is -2.30. The van der Waals surface area contributed by atoms with Gasteiger partial charge in [0.1, 0.15) is 0 Å². The van der Waals surface area contributed by atoms with Gasteiger partial charge in [0, 0.05) is 12.3 Å². The van der Waals surface area contributed by atoms with Crippen LogP contribution < -0.4 is 0 Å². The van der Waals surface area contributed by atoms with Gasteiger partial charge in [0.05, 0.1) is 12.9 Å². The molecule has 1 atom stereocenters. The SMILES string of the molecule is COC(=O)CCC1CCSCC1(F)F. The lowest BCUT2D eigenvalue weighted by atomic mass is 9.93. The Morgan fingerprint density at radius 1 is 1.64 bits per heavy atom. The summed E-state index contributed by atoms with van der Waals surface area (Å²) in [5, 5.41) is 0. The number of carbonyl (C=O) groups is 1. The van der Waals surface area contributed by atoms with Gasteiger partial charge in [0.2, 0.25) is 0 Å². The Kier molecular flexibility index (Phi) is 4.16. The van der Waals surface area contributed by atoms with E-state index in [2.05, 4.69) is 4.74 Å². The van der Waals surface area contributed by atoms with Crippen LogP contribution in [0, 0.1) is 5.92 Å². The fourth-order valence-corrected chi connectivity index (χ4v) is 2.62. The van der Waals surface area contributed by atoms with Crippen LogP contribution in [-0.2, 0) is 9.53 Å². The maximum Gasteiger partial charge on any atom is 0.305 e. The molecule has 1 fully saturated rings. The van der Waals surface area contributed by atoms with Crippen molar-refractivity contribution < 1.29 is 18.3 Å². The summed E-state index contributed by atoms with van der Waals surface area (Å²) in [5.74, 6) is -3.01. The van der Waals surface area contributed by atoms with Crippen LogP contribution in [0.2, 0.25) is 0 Å². The zero-order valence-electron chi connectivity index (χ0n) is 8.09. The Balaban J connectivity index is 2.38. The van der Waals surface area contributed by atoms with Crippen molar-refractivity contribution in [1.82, 2.24) is 0 Å². The molecule has 0 bridgehead atoms. The maximum atomic E-state index is 13.3. The summed E-state index contributed by atoms with van der Waals surface area (Å²) in [7, 11) is 1.27. The van der Waals surface area contributed by atoms with E-state index < -0.39 is 17.8 Å². The van der Waals surface area contributed by atoms with Crippen molar-refractivity contribution in [3.05, 3.63) is 0 Å². The molecule has 0 aromatic heterocycles. The van der Waals surface area contributed by atoms with E-state index in [1.807, 2.05) is 0 Å². The molecule has 1 aliphatic rings. The van der Waals surface area contributed by atoms with E-state index in [1.54, 1.807) is 0 Å². The molecule has 2 nitrogen and oxygen atoms in total. The number of alkyl halides is 2. The first-order chi connectivity index (χ1) is 6.56. The van der Waals surface area contributed by atoms with Crippen molar-refractivity contribution in [3.63, 3.8) is 0 Å². The van der Waals surface area contributed by atoms with Crippen LogP contribution in [0.25, 0.3) is 0 Å². The predicted molar refractivity (Wildman–Crippen MR) is 51.6 cm³/mol. The molecule has 1 rings (SSSR count). The smallest absolute Gasteiger partial charge is 0.305 e. The third kappa shape index (κ3) is 3.12. The monoisotopic (exact) mass is 224 g/mol. The number of thioether (sulfide) groups is 1. The Labute approximate surface area is 86.4 Å². The largest absolute Gasteiger partial charge is 0.469 e. The molecule has 1 heterocycles. The molecule has 14 heavy (non-hydrogen) atoms. The molecular formula is C9H14F2O2S. The highest BCUT2D eigenvalue weighted by molar-refractivity contribution is 7.99. The normalized spacial score (nSPS) is 25.8. The highest BCUT2D eigenvalue weighted by Gasteiger charge is 2.41. The summed E-state index contributed by atoms with van der Waals surface area (Å²) in [4.78, 5) is 10.8. The van der Waals surface area contributed by atoms with Crippen molar-refractivity contribution in [1.29, 1.82) is 0 Å². The van der Waals surface area contributed by atoms with Crippen molar-refractivity contribution in [2.45, 2.75) is 25.2 Å². The topological polar surface area (TPSA) is 26.3 Å². The number of ether oxygens (including phenoxy) is 1. The maximum absolute atomic E-state index is 13.3. The molecule has 0 aromatic rings. The van der Waals surface area contributed by atoms with Gasteiger partial charge in [-0.25, -0.2) is 8.78 Å². The first kappa shape index (κ1) is 11.8. The van der Waals surface area contributed by atoms with E-state index >= 15 is 0 Å². The van der Waals surface area contributed by atoms with Crippen molar-refractivity contribution in [2.75, 3.05) is 18.6 Å². The van der Waals surface area contributed by atoms with Gasteiger partial charge in [0.25, 0.3) is 5.92 Å². The predicted octanol–water partition coefficient (Wildman–Crippen LogP) is 2.33. The van der Waals surface area contributed by atoms with Gasteiger partial charge in [-0.3, -0.25) is 4.79 Å². The van der Waals surface area contributed by atoms with Crippen LogP contribution >= 0.6 is 11.8 Å². The third-order valence-corrected chi connectivity index (χ3v) is 3.54. The molecule has 0 aliphatic carbocycles. The lowest BCUT2D eigenvalue weighted by molar-refractivity contribution is -0.141. The first-order valence-electron chi connectivity index (χ1n) is 4.58. The first-order valence-corrected chi connectivity index (χ1v) is 5.74. The van der Waals surface area contributed by atoms with Gasteiger partial charge in [-0.15, -0.1) is 0 Å². The Morgan fingerprint density at radius 2 is 2.36 bits per heavy atom. The molecule has 1 unspecified atom stereocenters. The summed E-state index contributed by atoms with van der Waals surface area (Å²) < 4.78 is 30.9. The molecule has 1 aliphatic heterocycles. The molecule has 1 saturated heterocycles. The van der Waals surface area contributed by atoms with Crippen molar-refractivity contribution >= 4 is 17.7 Å². The van der Waals surface area contributed by atoms with E-state index in [0.29, 0.717) is 6.42 Å². The van der Waals surface area contributed by atoms with Crippen LogP contribution in [0.1, 0.15) is 19.3 Å². The van der Waals surface area contributed by atoms with E-state index in [4.69, 9.17) is 0 Å². The van der Waals surface area contributed by atoms with Gasteiger partial charge >= 0.3 is 5.97 Å². The molecule has 5 heteroatoms. The number of rotatable bonds is 3. The summed E-state index contributed by atoms with van der Waals surface area (Å²) in [6.45, 7) is 0. The van der Waals surface area contributed by atoms with Gasteiger partial charge < -0.3 is 4.74 Å². The summed E-state index contributed by atoms with van der Waals surface area (Å²) in [6.07, 6.45) is 0.830. The quantitative estimate of drug-likeness (QED) is 0.688. The van der Waals surface area contributed by atoms with Gasteiger partial charge in [0.15, 0.2) is 0 Å². The van der Waals surface area contributed by atoms with Gasteiger partial charge in [-0.05, 0) is 18.6 Å². The average molecular weight is 224 g/mol. The zero-order chi connectivity index (χ0) is 10.6. The summed E-state index contributed by atoms with van der Waals surface area (Å²) in [5.41, 5.74) is 0. The Morgan fingerprint density at radius 3 is 2.93 bits per heavy atom. The van der Waals surface area contributed by atoms with Crippen LogP contribution in [0.5, 0.6) is 0 Å². The number of esters is 1. The van der Waals surface area contributed by atoms with Gasteiger partial charge in [-0.2, -0.15) is 11.8 Å². The van der Waals surface area contributed by atoms with Crippen LogP contribution in [-0.4, -0.2) is 30.5 Å². The summed E-state index contributed by atoms with van der Waals surface area (Å²) in [6, 6.07) is 0. The molecule has 0 spiro atoms. The van der Waals surface area contributed by atoms with Crippen molar-refractivity contribution in [3.8, 4) is 0 Å². The number of hydrogen-bond acceptors (Lipinski definition) is 3. The molecule has 82 valence electrons. The number of halogens is 2. The highest BCUT2D eigenvalue weighted by atomic mass is 32.2. The zero-order valence-corrected chi connectivity index (χ0v) is 8.91. The number of methoxy groups -OCH3 is 1. The van der Waals surface area contributed by atoms with E-state index in [9.17, 15) is 13.6 Å². The number of hydrogen-bond donors (Lipinski definition) is 0. The highest BCUT2D eigenvalue weighted by Crippen LogP contribution is 2.39. The molecule has 0 amide bonds. The van der Waals surface area contributed by atoms with E-state index in [0.717, 1.165) is 5.75 Å². The minimum absolute atomic E-state index is 0.0986. The third-order valence-electron chi connectivity index (χ3n) is 2.43. The minimum atomic E-state index is -2.61. The molecule has 0 N–H and O–H groups in total. The van der Waals surface area contributed by atoms with Crippen LogP contribution in [0.4, 0.5) is 8.78 Å². The molecule has 0 aromatic carbocycles. The Hall–Kier alpha value is -0.320. The van der Waals surface area contributed by atoms with Crippen molar-refractivity contribution in [2.24, 2.45) is 5.92 Å². The molecular weight excluding hydrogens is 210 g/mol. The second-order valence-electron chi connectivity index (χ2n) is 3.41. The fraction of sp³-hybridized carbons (Fsp3) is 0.889. The molecule has 0 radical (unpaired) electrons. The summed E-state index contributed by atoms with van der Waals surface area (Å²) >= 11 is 1.28. The van der Waals surface area contributed by atoms with Gasteiger partial charge in [-0.1, -0.05) is 0 Å². The Bertz CT molecular complexity index is 209. The second-order valence-corrected chi connectivity index (χ2v) is 4.52. The van der Waals surface area contributed by atoms with E-state index in [1.165, 1.54) is 18.9 Å². The standard InChI is InChI=1S/C9H14F2O2S/c1-13-8(12)3-2-7-4-5-14-6-9(7,10)11/h7H,2-6H2,1H3. The minimum Gasteiger partial charge on any atom is -0.469 e. The van der Waals surface area contributed by atoms with Crippen LogP contribution in [0.3, 0.4) is 0 Å². The van der Waals surface area contributed by atoms with Crippen LogP contribution in [0.15, 0.2) is 0 Å². The van der Waals surface area contributed by atoms with E-state index in [-0.39, 0.29) is 18.6 Å². The lowest BCUT2D eigenvalue weighted by Crippen LogP contribution is -2.35. The number of carbonyl (C=O) groups excluding carboxylic acids is 1. The second kappa shape index (κ2) is 4.96.